The molecule has 0 spiro atoms. The Morgan fingerprint density at radius 3 is 1.88 bits per heavy atom. The van der Waals surface area contributed by atoms with Gasteiger partial charge in [0.15, 0.2) is 17.5 Å². The maximum atomic E-state index is 5.07. The molecule has 4 heteroatoms. The van der Waals surface area contributed by atoms with E-state index in [9.17, 15) is 0 Å². The van der Waals surface area contributed by atoms with Gasteiger partial charge in [-0.3, -0.25) is 4.98 Å². The molecule has 42 heavy (non-hydrogen) atoms. The Kier molecular flexibility index (Phi) is 5.75. The number of hydrogen-bond acceptors (Lipinski definition) is 4. The van der Waals surface area contributed by atoms with Crippen LogP contribution in [0.3, 0.4) is 0 Å². The van der Waals surface area contributed by atoms with Crippen molar-refractivity contribution in [3.8, 4) is 45.3 Å². The van der Waals surface area contributed by atoms with Crippen LogP contribution in [0.5, 0.6) is 0 Å². The van der Waals surface area contributed by atoms with Gasteiger partial charge in [-0.05, 0) is 51.4 Å². The van der Waals surface area contributed by atoms with E-state index in [1.807, 2.05) is 54.7 Å². The van der Waals surface area contributed by atoms with Gasteiger partial charge in [-0.15, -0.1) is 0 Å². The average molecular weight is 537 g/mol. The molecule has 196 valence electrons. The van der Waals surface area contributed by atoms with Crippen LogP contribution in [-0.4, -0.2) is 19.9 Å². The van der Waals surface area contributed by atoms with Gasteiger partial charge in [0.25, 0.3) is 0 Å². The van der Waals surface area contributed by atoms with Crippen LogP contribution >= 0.6 is 0 Å². The summed E-state index contributed by atoms with van der Waals surface area (Å²) in [5, 5.41) is 5.66. The normalized spacial score (nSPS) is 11.3. The summed E-state index contributed by atoms with van der Waals surface area (Å²) < 4.78 is 0. The molecule has 0 saturated heterocycles. The Balaban J connectivity index is 1.32. The molecule has 0 aliphatic rings. The molecule has 2 aromatic heterocycles. The van der Waals surface area contributed by atoms with Crippen LogP contribution in [0.15, 0.2) is 146 Å². The number of pyridine rings is 1. The zero-order valence-corrected chi connectivity index (χ0v) is 22.6. The van der Waals surface area contributed by atoms with Crippen LogP contribution in [0, 0.1) is 0 Å². The van der Waals surface area contributed by atoms with Crippen molar-refractivity contribution in [2.45, 2.75) is 0 Å². The molecule has 0 aliphatic heterocycles. The SMILES string of the molecule is c1ccc(-c2nc(-c3ccc4ccccc4c3)nc(-c3cccc4ccc(-c5cnc6ccccc6c5)cc34)n2)cc1. The van der Waals surface area contributed by atoms with Crippen molar-refractivity contribution in [1.29, 1.82) is 0 Å². The van der Waals surface area contributed by atoms with E-state index in [0.717, 1.165) is 54.9 Å². The number of benzene rings is 6. The maximum Gasteiger partial charge on any atom is 0.164 e. The third-order valence-corrected chi connectivity index (χ3v) is 7.72. The molecule has 0 atom stereocenters. The molecule has 0 saturated carbocycles. The van der Waals surface area contributed by atoms with E-state index in [4.69, 9.17) is 19.9 Å². The van der Waals surface area contributed by atoms with Gasteiger partial charge < -0.3 is 0 Å². The van der Waals surface area contributed by atoms with E-state index in [2.05, 4.69) is 91.0 Å². The Bertz CT molecular complexity index is 2260. The summed E-state index contributed by atoms with van der Waals surface area (Å²) in [4.78, 5) is 19.7. The first kappa shape index (κ1) is 24.1. The molecule has 0 unspecified atom stereocenters. The molecular weight excluding hydrogens is 512 g/mol. The molecule has 6 aromatic carbocycles. The molecule has 8 aromatic rings. The summed E-state index contributed by atoms with van der Waals surface area (Å²) in [5.74, 6) is 1.94. The van der Waals surface area contributed by atoms with E-state index in [1.54, 1.807) is 0 Å². The molecule has 0 fully saturated rings. The molecule has 0 aliphatic carbocycles. The minimum absolute atomic E-state index is 0.645. The number of aromatic nitrogens is 4. The Morgan fingerprint density at radius 2 is 1.00 bits per heavy atom. The second-order valence-corrected chi connectivity index (χ2v) is 10.4. The van der Waals surface area contributed by atoms with Crippen molar-refractivity contribution < 1.29 is 0 Å². The first-order chi connectivity index (χ1) is 20.8. The minimum Gasteiger partial charge on any atom is -0.256 e. The molecule has 8 rings (SSSR count). The van der Waals surface area contributed by atoms with Crippen LogP contribution in [0.2, 0.25) is 0 Å². The van der Waals surface area contributed by atoms with Crippen LogP contribution in [0.25, 0.3) is 77.7 Å². The van der Waals surface area contributed by atoms with Gasteiger partial charge >= 0.3 is 0 Å². The second-order valence-electron chi connectivity index (χ2n) is 10.4. The van der Waals surface area contributed by atoms with E-state index >= 15 is 0 Å². The lowest BCUT2D eigenvalue weighted by Crippen LogP contribution is -2.00. The third-order valence-electron chi connectivity index (χ3n) is 7.72. The van der Waals surface area contributed by atoms with Crippen molar-refractivity contribution in [2.75, 3.05) is 0 Å². The Morgan fingerprint density at radius 1 is 0.357 bits per heavy atom. The van der Waals surface area contributed by atoms with Crippen LogP contribution in [0.1, 0.15) is 0 Å². The summed E-state index contributed by atoms with van der Waals surface area (Å²) in [7, 11) is 0. The number of para-hydroxylation sites is 1. The summed E-state index contributed by atoms with van der Waals surface area (Å²) in [6.45, 7) is 0. The molecule has 4 nitrogen and oxygen atoms in total. The summed E-state index contributed by atoms with van der Waals surface area (Å²) in [5.41, 5.74) is 6.03. The lowest BCUT2D eigenvalue weighted by atomic mass is 9.98. The fourth-order valence-electron chi connectivity index (χ4n) is 5.55. The van der Waals surface area contributed by atoms with Crippen LogP contribution in [-0.2, 0) is 0 Å². The van der Waals surface area contributed by atoms with Crippen molar-refractivity contribution in [3.05, 3.63) is 146 Å². The fraction of sp³-hybridized carbons (Fsp3) is 0. The van der Waals surface area contributed by atoms with Crippen molar-refractivity contribution in [2.24, 2.45) is 0 Å². The van der Waals surface area contributed by atoms with Crippen molar-refractivity contribution in [3.63, 3.8) is 0 Å². The zero-order chi connectivity index (χ0) is 27.9. The predicted octanol–water partition coefficient (Wildman–Crippen LogP) is 9.39. The van der Waals surface area contributed by atoms with E-state index < -0.39 is 0 Å². The first-order valence-electron chi connectivity index (χ1n) is 14.0. The number of fused-ring (bicyclic) bond motifs is 3. The van der Waals surface area contributed by atoms with Crippen LogP contribution in [0.4, 0.5) is 0 Å². The highest BCUT2D eigenvalue weighted by Gasteiger charge is 2.15. The molecule has 2 heterocycles. The summed E-state index contributed by atoms with van der Waals surface area (Å²) in [6, 6.07) is 48.0. The summed E-state index contributed by atoms with van der Waals surface area (Å²) in [6.07, 6.45) is 1.94. The quantitative estimate of drug-likeness (QED) is 0.225. The highest BCUT2D eigenvalue weighted by Crippen LogP contribution is 2.33. The topological polar surface area (TPSA) is 51.6 Å². The lowest BCUT2D eigenvalue weighted by molar-refractivity contribution is 1.08. The molecular formula is C38H24N4. The number of rotatable bonds is 4. The monoisotopic (exact) mass is 536 g/mol. The highest BCUT2D eigenvalue weighted by molar-refractivity contribution is 5.98. The predicted molar refractivity (Wildman–Crippen MR) is 172 cm³/mol. The highest BCUT2D eigenvalue weighted by atomic mass is 15.0. The Labute approximate surface area is 243 Å². The van der Waals surface area contributed by atoms with E-state index in [1.165, 1.54) is 5.39 Å². The summed E-state index contributed by atoms with van der Waals surface area (Å²) >= 11 is 0. The van der Waals surface area contributed by atoms with Crippen molar-refractivity contribution in [1.82, 2.24) is 19.9 Å². The van der Waals surface area contributed by atoms with E-state index in [-0.39, 0.29) is 0 Å². The molecule has 0 amide bonds. The van der Waals surface area contributed by atoms with Gasteiger partial charge in [-0.25, -0.2) is 15.0 Å². The lowest BCUT2D eigenvalue weighted by Gasteiger charge is -2.12. The minimum atomic E-state index is 0.645. The van der Waals surface area contributed by atoms with Gasteiger partial charge in [-0.1, -0.05) is 115 Å². The van der Waals surface area contributed by atoms with Crippen LogP contribution < -0.4 is 0 Å². The van der Waals surface area contributed by atoms with Gasteiger partial charge in [0.1, 0.15) is 0 Å². The van der Waals surface area contributed by atoms with Crippen molar-refractivity contribution >= 4 is 32.4 Å². The first-order valence-corrected chi connectivity index (χ1v) is 14.0. The zero-order valence-electron chi connectivity index (χ0n) is 22.6. The van der Waals surface area contributed by atoms with Gasteiger partial charge in [0.2, 0.25) is 0 Å². The average Bonchev–Trinajstić information content (AvgIpc) is 3.07. The number of hydrogen-bond donors (Lipinski definition) is 0. The van der Waals surface area contributed by atoms with E-state index in [0.29, 0.717) is 17.5 Å². The fourth-order valence-corrected chi connectivity index (χ4v) is 5.55. The smallest absolute Gasteiger partial charge is 0.164 e. The largest absolute Gasteiger partial charge is 0.256 e. The molecule has 0 radical (unpaired) electrons. The molecule has 0 bridgehead atoms. The molecule has 0 N–H and O–H groups in total. The Hall–Kier alpha value is -5.74. The van der Waals surface area contributed by atoms with Gasteiger partial charge in [-0.2, -0.15) is 0 Å². The third kappa shape index (κ3) is 4.36. The number of nitrogens with zero attached hydrogens (tertiary/aromatic N) is 4. The van der Waals surface area contributed by atoms with Gasteiger partial charge in [0.05, 0.1) is 5.52 Å². The second kappa shape index (κ2) is 10.0. The van der Waals surface area contributed by atoms with Gasteiger partial charge in [0, 0.05) is 33.8 Å². The standard InChI is InChI=1S/C38H24N4/c1-2-10-27(11-3-1)36-40-37(31-20-17-25-9-4-5-12-28(25)21-31)42-38(41-36)33-15-8-14-26-18-19-29(23-34(26)33)32-22-30-13-6-7-16-35(30)39-24-32/h1-24H. The maximum absolute atomic E-state index is 5.07.